The van der Waals surface area contributed by atoms with Crippen LogP contribution in [0.2, 0.25) is 0 Å². The molecular weight excluding hydrogens is 568 g/mol. The van der Waals surface area contributed by atoms with E-state index in [-0.39, 0.29) is 0 Å². The van der Waals surface area contributed by atoms with Gasteiger partial charge in [-0.25, -0.2) is 9.67 Å². The normalized spacial score (nSPS) is 11.9. The monoisotopic (exact) mass is 602 g/mol. The molecule has 46 heavy (non-hydrogen) atoms. The Labute approximate surface area is 267 Å². The average Bonchev–Trinajstić information content (AvgIpc) is 3.79. The van der Waals surface area contributed by atoms with Crippen molar-refractivity contribution in [2.75, 3.05) is 0 Å². The van der Waals surface area contributed by atoms with Crippen LogP contribution in [0.25, 0.3) is 55.6 Å². The zero-order valence-electron chi connectivity index (χ0n) is 26.3. The molecule has 8 rings (SSSR count). The van der Waals surface area contributed by atoms with Gasteiger partial charge in [-0.1, -0.05) is 70.2 Å². The Morgan fingerprint density at radius 3 is 2.13 bits per heavy atom. The summed E-state index contributed by atoms with van der Waals surface area (Å²) in [5, 5.41) is 6.80. The van der Waals surface area contributed by atoms with Gasteiger partial charge in [-0.05, 0) is 77.1 Å². The zero-order valence-corrected chi connectivity index (χ0v) is 26.3. The van der Waals surface area contributed by atoms with Crippen LogP contribution in [-0.4, -0.2) is 19.3 Å². The van der Waals surface area contributed by atoms with Crippen molar-refractivity contribution < 1.29 is 9.15 Å². The Morgan fingerprint density at radius 2 is 1.37 bits per heavy atom. The molecule has 0 unspecified atom stereocenters. The number of ether oxygens (including phenoxy) is 1. The lowest BCUT2D eigenvalue weighted by Gasteiger charge is -2.18. The van der Waals surface area contributed by atoms with Crippen LogP contribution in [-0.2, 0) is 0 Å². The first-order valence-corrected chi connectivity index (χ1v) is 15.8. The Kier molecular flexibility index (Phi) is 6.71. The largest absolute Gasteiger partial charge is 0.457 e. The van der Waals surface area contributed by atoms with E-state index in [4.69, 9.17) is 19.2 Å². The van der Waals surface area contributed by atoms with Crippen molar-refractivity contribution in [3.63, 3.8) is 0 Å². The molecule has 0 saturated carbocycles. The van der Waals surface area contributed by atoms with Gasteiger partial charge in [0.05, 0.1) is 23.0 Å². The van der Waals surface area contributed by atoms with Crippen LogP contribution in [0.15, 0.2) is 126 Å². The summed E-state index contributed by atoms with van der Waals surface area (Å²) in [5.74, 6) is 2.27. The van der Waals surface area contributed by atoms with Gasteiger partial charge >= 0.3 is 0 Å². The standard InChI is InChI=1S/C40H34N4O2/c1-25(2)32-16-9-17-33(26(3)4)37(32)27-23-42-43(24-27)28-11-7-13-30(21-28)45-31-14-8-12-29(22-31)44-38-34-15-5-6-19-36(34)46-39(38)35-18-10-20-41-40(35)44/h5-26H,1-4H3. The molecule has 226 valence electrons. The van der Waals surface area contributed by atoms with Crippen molar-refractivity contribution >= 4 is 33.1 Å². The van der Waals surface area contributed by atoms with Crippen LogP contribution >= 0.6 is 0 Å². The van der Waals surface area contributed by atoms with E-state index < -0.39 is 0 Å². The molecule has 0 atom stereocenters. The van der Waals surface area contributed by atoms with Crippen LogP contribution in [0, 0.1) is 0 Å². The van der Waals surface area contributed by atoms with Crippen LogP contribution in [0.5, 0.6) is 11.5 Å². The summed E-state index contributed by atoms with van der Waals surface area (Å²) in [7, 11) is 0. The molecule has 6 nitrogen and oxygen atoms in total. The summed E-state index contributed by atoms with van der Waals surface area (Å²) in [6.45, 7) is 8.99. The van der Waals surface area contributed by atoms with Gasteiger partial charge in [-0.15, -0.1) is 0 Å². The number of hydrogen-bond acceptors (Lipinski definition) is 4. The number of nitrogens with zero attached hydrogens (tertiary/aromatic N) is 4. The number of para-hydroxylation sites is 1. The third kappa shape index (κ3) is 4.65. The van der Waals surface area contributed by atoms with E-state index in [1.165, 1.54) is 16.7 Å². The van der Waals surface area contributed by atoms with Crippen molar-refractivity contribution in [2.45, 2.75) is 39.5 Å². The molecule has 0 aliphatic rings. The van der Waals surface area contributed by atoms with E-state index in [1.54, 1.807) is 0 Å². The lowest BCUT2D eigenvalue weighted by atomic mass is 9.86. The first-order valence-electron chi connectivity index (χ1n) is 15.8. The molecule has 0 N–H and O–H groups in total. The summed E-state index contributed by atoms with van der Waals surface area (Å²) in [6.07, 6.45) is 5.91. The first-order chi connectivity index (χ1) is 22.5. The average molecular weight is 603 g/mol. The van der Waals surface area contributed by atoms with E-state index in [9.17, 15) is 0 Å². The molecule has 0 spiro atoms. The van der Waals surface area contributed by atoms with Crippen LogP contribution in [0.3, 0.4) is 0 Å². The fraction of sp³-hybridized carbons (Fsp3) is 0.150. The highest BCUT2D eigenvalue weighted by Gasteiger charge is 2.20. The van der Waals surface area contributed by atoms with Crippen molar-refractivity contribution in [3.8, 4) is 34.0 Å². The molecule has 0 bridgehead atoms. The summed E-state index contributed by atoms with van der Waals surface area (Å²) < 4.78 is 16.9. The van der Waals surface area contributed by atoms with E-state index >= 15 is 0 Å². The van der Waals surface area contributed by atoms with Gasteiger partial charge in [-0.2, -0.15) is 5.10 Å². The van der Waals surface area contributed by atoms with E-state index in [2.05, 4.69) is 80.9 Å². The van der Waals surface area contributed by atoms with Gasteiger partial charge in [0.1, 0.15) is 28.2 Å². The molecule has 0 aliphatic carbocycles. The third-order valence-corrected chi connectivity index (χ3v) is 8.67. The number of rotatable bonds is 7. The van der Waals surface area contributed by atoms with Crippen molar-refractivity contribution in [2.24, 2.45) is 0 Å². The molecule has 0 aliphatic heterocycles. The minimum absolute atomic E-state index is 0.410. The van der Waals surface area contributed by atoms with Gasteiger partial charge < -0.3 is 9.15 Å². The third-order valence-electron chi connectivity index (χ3n) is 8.67. The Bertz CT molecular complexity index is 2340. The molecule has 0 radical (unpaired) electrons. The van der Waals surface area contributed by atoms with Gasteiger partial charge in [0, 0.05) is 35.5 Å². The summed E-state index contributed by atoms with van der Waals surface area (Å²) in [4.78, 5) is 4.74. The second-order valence-electron chi connectivity index (χ2n) is 12.4. The highest BCUT2D eigenvalue weighted by atomic mass is 16.5. The fourth-order valence-corrected chi connectivity index (χ4v) is 6.54. The SMILES string of the molecule is CC(C)c1cccc(C(C)C)c1-c1cnn(-c2cccc(Oc3cccc(-n4c5ncccc5c5oc6ccccc6c54)c3)c2)c1. The molecule has 0 amide bonds. The fourth-order valence-electron chi connectivity index (χ4n) is 6.54. The number of pyridine rings is 1. The molecule has 4 aromatic carbocycles. The van der Waals surface area contributed by atoms with E-state index in [0.717, 1.165) is 61.5 Å². The molecule has 8 aromatic rings. The van der Waals surface area contributed by atoms with Crippen LogP contribution in [0.4, 0.5) is 0 Å². The minimum atomic E-state index is 0.410. The topological polar surface area (TPSA) is 58.0 Å². The maximum absolute atomic E-state index is 6.47. The Hall–Kier alpha value is -5.62. The van der Waals surface area contributed by atoms with Gasteiger partial charge in [0.25, 0.3) is 0 Å². The number of benzene rings is 4. The zero-order chi connectivity index (χ0) is 31.4. The first kappa shape index (κ1) is 27.9. The predicted octanol–water partition coefficient (Wildman–Crippen LogP) is 10.8. The predicted molar refractivity (Wildman–Crippen MR) is 186 cm³/mol. The smallest absolute Gasteiger partial charge is 0.163 e. The van der Waals surface area contributed by atoms with Crippen molar-refractivity contribution in [1.29, 1.82) is 0 Å². The lowest BCUT2D eigenvalue weighted by Crippen LogP contribution is -1.99. The summed E-state index contributed by atoms with van der Waals surface area (Å²) in [6, 6.07) is 34.9. The quantitative estimate of drug-likeness (QED) is 0.182. The van der Waals surface area contributed by atoms with Crippen molar-refractivity contribution in [1.82, 2.24) is 19.3 Å². The molecular formula is C40H34N4O2. The molecule has 4 heterocycles. The molecule has 0 saturated heterocycles. The number of fused-ring (bicyclic) bond motifs is 5. The summed E-state index contributed by atoms with van der Waals surface area (Å²) in [5.41, 5.74) is 10.5. The number of aromatic nitrogens is 4. The second kappa shape index (κ2) is 11.1. The number of hydrogen-bond donors (Lipinski definition) is 0. The van der Waals surface area contributed by atoms with Gasteiger partial charge in [-0.3, -0.25) is 4.57 Å². The Morgan fingerprint density at radius 1 is 0.696 bits per heavy atom. The molecule has 4 aromatic heterocycles. The maximum atomic E-state index is 6.47. The molecule has 0 fully saturated rings. The maximum Gasteiger partial charge on any atom is 0.163 e. The van der Waals surface area contributed by atoms with Gasteiger partial charge in [0.2, 0.25) is 0 Å². The van der Waals surface area contributed by atoms with Crippen LogP contribution < -0.4 is 4.74 Å². The van der Waals surface area contributed by atoms with Crippen molar-refractivity contribution in [3.05, 3.63) is 133 Å². The minimum Gasteiger partial charge on any atom is -0.457 e. The second-order valence-corrected chi connectivity index (χ2v) is 12.4. The highest BCUT2D eigenvalue weighted by Crippen LogP contribution is 2.39. The van der Waals surface area contributed by atoms with E-state index in [1.807, 2.05) is 77.7 Å². The highest BCUT2D eigenvalue weighted by molar-refractivity contribution is 6.15. The Balaban J connectivity index is 1.15. The summed E-state index contributed by atoms with van der Waals surface area (Å²) >= 11 is 0. The van der Waals surface area contributed by atoms with E-state index in [0.29, 0.717) is 11.8 Å². The lowest BCUT2D eigenvalue weighted by molar-refractivity contribution is 0.482. The molecule has 6 heteroatoms. The van der Waals surface area contributed by atoms with Crippen LogP contribution in [0.1, 0.15) is 50.7 Å². The van der Waals surface area contributed by atoms with Gasteiger partial charge in [0.15, 0.2) is 5.58 Å². The number of furan rings is 1.